The molecule has 4 nitrogen and oxygen atoms in total. The zero-order chi connectivity index (χ0) is 24.3. The summed E-state index contributed by atoms with van der Waals surface area (Å²) in [6, 6.07) is 16.6. The molecule has 0 aromatic heterocycles. The largest absolute Gasteiger partial charge is 0.402 e. The Kier molecular flexibility index (Phi) is 7.75. The summed E-state index contributed by atoms with van der Waals surface area (Å²) in [5.74, 6) is -0.508. The van der Waals surface area contributed by atoms with Gasteiger partial charge in [-0.25, -0.2) is 0 Å². The number of carbonyl (C=O) groups is 2. The van der Waals surface area contributed by atoms with E-state index in [-0.39, 0.29) is 11.8 Å². The molecule has 0 N–H and O–H groups in total. The van der Waals surface area contributed by atoms with Gasteiger partial charge in [0.2, 0.25) is 8.32 Å². The van der Waals surface area contributed by atoms with Gasteiger partial charge in [-0.3, -0.25) is 14.5 Å². The molecule has 2 atom stereocenters. The lowest BCUT2D eigenvalue weighted by atomic mass is 9.86. The van der Waals surface area contributed by atoms with Crippen LogP contribution in [0, 0.1) is 0 Å². The highest BCUT2D eigenvalue weighted by Gasteiger charge is 2.58. The molecule has 2 aromatic carbocycles. The van der Waals surface area contributed by atoms with Crippen molar-refractivity contribution in [1.82, 2.24) is 4.90 Å². The standard InChI is InChI=1S/C28H37NO3Si/c1-8-14-22-15-12-13-18-24(22)25-26(32-33(19(2)3,20(4)5)21(6)7)28(31)29(25)27(30)23-16-10-9-11-17-23/h8-13,15-21,25-26H,1,14H2,2-7H3/t25?,26-/m1/s1. The summed E-state index contributed by atoms with van der Waals surface area (Å²) >= 11 is 0. The van der Waals surface area contributed by atoms with Crippen molar-refractivity contribution >= 4 is 20.1 Å². The van der Waals surface area contributed by atoms with Gasteiger partial charge < -0.3 is 4.43 Å². The molecule has 5 heteroatoms. The highest BCUT2D eigenvalue weighted by molar-refractivity contribution is 6.77. The quantitative estimate of drug-likeness (QED) is 0.180. The van der Waals surface area contributed by atoms with E-state index in [1.165, 1.54) is 4.90 Å². The molecule has 33 heavy (non-hydrogen) atoms. The minimum Gasteiger partial charge on any atom is -0.402 e. The third-order valence-corrected chi connectivity index (χ3v) is 13.1. The van der Waals surface area contributed by atoms with Crippen molar-refractivity contribution in [2.75, 3.05) is 0 Å². The molecule has 0 aliphatic carbocycles. The Morgan fingerprint density at radius 3 is 2.06 bits per heavy atom. The Bertz CT molecular complexity index is 977. The molecule has 1 saturated heterocycles. The maximum Gasteiger partial charge on any atom is 0.261 e. The average Bonchev–Trinajstić information content (AvgIpc) is 2.78. The van der Waals surface area contributed by atoms with E-state index in [4.69, 9.17) is 4.43 Å². The summed E-state index contributed by atoms with van der Waals surface area (Å²) in [6.07, 6.45) is 1.87. The van der Waals surface area contributed by atoms with Gasteiger partial charge in [0.05, 0.1) is 6.04 Å². The Labute approximate surface area is 199 Å². The predicted molar refractivity (Wildman–Crippen MR) is 137 cm³/mol. The van der Waals surface area contributed by atoms with Crippen LogP contribution in [0.15, 0.2) is 67.3 Å². The van der Waals surface area contributed by atoms with E-state index in [1.54, 1.807) is 12.1 Å². The van der Waals surface area contributed by atoms with E-state index in [0.29, 0.717) is 28.6 Å². The normalized spacial score (nSPS) is 18.7. The van der Waals surface area contributed by atoms with Crippen LogP contribution in [0.2, 0.25) is 16.6 Å². The summed E-state index contributed by atoms with van der Waals surface area (Å²) in [5.41, 5.74) is 3.56. The molecule has 2 amide bonds. The summed E-state index contributed by atoms with van der Waals surface area (Å²) in [5, 5.41) is 0. The van der Waals surface area contributed by atoms with Gasteiger partial charge in [0.25, 0.3) is 11.8 Å². The van der Waals surface area contributed by atoms with Gasteiger partial charge >= 0.3 is 0 Å². The molecular weight excluding hydrogens is 426 g/mol. The minimum absolute atomic E-state index is 0.235. The van der Waals surface area contributed by atoms with Gasteiger partial charge in [-0.2, -0.15) is 0 Å². The zero-order valence-electron chi connectivity index (χ0n) is 20.7. The van der Waals surface area contributed by atoms with Crippen LogP contribution in [0.3, 0.4) is 0 Å². The first-order valence-electron chi connectivity index (χ1n) is 12.0. The lowest BCUT2D eigenvalue weighted by Gasteiger charge is -2.52. The second kappa shape index (κ2) is 10.2. The van der Waals surface area contributed by atoms with Crippen molar-refractivity contribution in [2.45, 2.75) is 76.7 Å². The highest BCUT2D eigenvalue weighted by atomic mass is 28.4. The number of likely N-dealkylation sites (tertiary alicyclic amines) is 1. The number of benzene rings is 2. The van der Waals surface area contributed by atoms with Crippen molar-refractivity contribution in [3.63, 3.8) is 0 Å². The molecule has 3 rings (SSSR count). The van der Waals surface area contributed by atoms with Gasteiger partial charge in [-0.1, -0.05) is 90.1 Å². The smallest absolute Gasteiger partial charge is 0.261 e. The molecule has 1 aliphatic heterocycles. The Hall–Kier alpha value is -2.50. The number of hydrogen-bond acceptors (Lipinski definition) is 3. The van der Waals surface area contributed by atoms with Crippen molar-refractivity contribution in [3.05, 3.63) is 83.9 Å². The molecule has 0 saturated carbocycles. The van der Waals surface area contributed by atoms with E-state index in [1.807, 2.05) is 48.5 Å². The van der Waals surface area contributed by atoms with E-state index in [9.17, 15) is 9.59 Å². The van der Waals surface area contributed by atoms with Crippen LogP contribution in [-0.2, 0) is 15.6 Å². The van der Waals surface area contributed by atoms with Gasteiger partial charge in [0, 0.05) is 5.56 Å². The first-order valence-corrected chi connectivity index (χ1v) is 14.1. The van der Waals surface area contributed by atoms with E-state index >= 15 is 0 Å². The topological polar surface area (TPSA) is 46.6 Å². The number of hydrogen-bond donors (Lipinski definition) is 0. The minimum atomic E-state index is -2.34. The Balaban J connectivity index is 2.09. The third-order valence-electron chi connectivity index (χ3n) is 7.06. The Morgan fingerprint density at radius 1 is 0.970 bits per heavy atom. The first-order chi connectivity index (χ1) is 15.7. The second-order valence-corrected chi connectivity index (χ2v) is 15.3. The number of imide groups is 1. The van der Waals surface area contributed by atoms with Gasteiger partial charge in [-0.15, -0.1) is 6.58 Å². The summed E-state index contributed by atoms with van der Waals surface area (Å²) in [4.78, 5) is 28.4. The van der Waals surface area contributed by atoms with Crippen LogP contribution in [0.25, 0.3) is 0 Å². The van der Waals surface area contributed by atoms with Crippen molar-refractivity contribution < 1.29 is 14.0 Å². The van der Waals surface area contributed by atoms with Gasteiger partial charge in [0.1, 0.15) is 0 Å². The summed E-state index contributed by atoms with van der Waals surface area (Å²) < 4.78 is 6.96. The van der Waals surface area contributed by atoms with Crippen LogP contribution >= 0.6 is 0 Å². The highest BCUT2D eigenvalue weighted by Crippen LogP contribution is 2.48. The maximum atomic E-state index is 13.6. The van der Waals surface area contributed by atoms with E-state index in [2.05, 4.69) is 48.1 Å². The lowest BCUT2D eigenvalue weighted by Crippen LogP contribution is -2.66. The Morgan fingerprint density at radius 2 is 1.52 bits per heavy atom. The number of amides is 2. The monoisotopic (exact) mass is 463 g/mol. The number of allylic oxidation sites excluding steroid dienone is 1. The fraction of sp³-hybridized carbons (Fsp3) is 0.429. The molecule has 0 spiro atoms. The van der Waals surface area contributed by atoms with Crippen LogP contribution < -0.4 is 0 Å². The van der Waals surface area contributed by atoms with Crippen molar-refractivity contribution in [2.24, 2.45) is 0 Å². The van der Waals surface area contributed by atoms with Gasteiger partial charge in [-0.05, 0) is 46.3 Å². The molecule has 176 valence electrons. The van der Waals surface area contributed by atoms with Gasteiger partial charge in [0.15, 0.2) is 6.10 Å². The summed E-state index contributed by atoms with van der Waals surface area (Å²) in [7, 11) is -2.34. The fourth-order valence-electron chi connectivity index (χ4n) is 5.62. The summed E-state index contributed by atoms with van der Waals surface area (Å²) in [6.45, 7) is 17.2. The predicted octanol–water partition coefficient (Wildman–Crippen LogP) is 6.70. The van der Waals surface area contributed by atoms with E-state index in [0.717, 1.165) is 11.1 Å². The number of β-lactam (4-membered cyclic amide) rings is 1. The number of nitrogens with zero attached hydrogens (tertiary/aromatic N) is 1. The molecule has 0 radical (unpaired) electrons. The molecule has 1 fully saturated rings. The molecule has 1 heterocycles. The third kappa shape index (κ3) is 4.49. The lowest BCUT2D eigenvalue weighted by molar-refractivity contribution is -0.159. The molecule has 0 bridgehead atoms. The van der Waals surface area contributed by atoms with Crippen LogP contribution in [0.1, 0.15) is 69.1 Å². The van der Waals surface area contributed by atoms with Crippen molar-refractivity contribution in [1.29, 1.82) is 0 Å². The second-order valence-electron chi connectivity index (χ2n) is 9.87. The average molecular weight is 464 g/mol. The van der Waals surface area contributed by atoms with Crippen LogP contribution in [0.4, 0.5) is 0 Å². The van der Waals surface area contributed by atoms with E-state index < -0.39 is 20.5 Å². The maximum absolute atomic E-state index is 13.6. The van der Waals surface area contributed by atoms with Crippen LogP contribution in [-0.4, -0.2) is 31.1 Å². The molecule has 2 aromatic rings. The van der Waals surface area contributed by atoms with Crippen LogP contribution in [0.5, 0.6) is 0 Å². The first kappa shape index (κ1) is 25.1. The number of carbonyl (C=O) groups excluding carboxylic acids is 2. The SMILES string of the molecule is C=CCc1ccccc1C1[C@@H](O[Si](C(C)C)(C(C)C)C(C)C)C(=O)N1C(=O)c1ccccc1. The zero-order valence-corrected chi connectivity index (χ0v) is 21.7. The fourth-order valence-corrected chi connectivity index (χ4v) is 11.1. The van der Waals surface area contributed by atoms with Crippen molar-refractivity contribution in [3.8, 4) is 0 Å². The molecule has 1 aliphatic rings. The number of rotatable bonds is 9. The molecule has 1 unspecified atom stereocenters. The molecular formula is C28H37NO3Si.